The number of nitrogens with one attached hydrogen (secondary N) is 2. The van der Waals surface area contributed by atoms with E-state index in [0.717, 1.165) is 45.2 Å². The molecule has 1 saturated heterocycles. The molecule has 3 nitrogen and oxygen atoms in total. The van der Waals surface area contributed by atoms with E-state index in [-0.39, 0.29) is 0 Å². The normalized spacial score (nSPS) is 23.8. The second-order valence-electron chi connectivity index (χ2n) is 3.31. The summed E-state index contributed by atoms with van der Waals surface area (Å²) in [7, 11) is 0. The molecule has 1 unspecified atom stereocenters. The number of hydrogen-bond donors (Lipinski definition) is 2. The standard InChI is InChI=1S/C9H18N2O/c12-7-3-1-2-4-9-8-10-5-6-11-9/h7,9-11H,1-6,8H2. The number of carbonyl (C=O) groups excluding carboxylic acids is 1. The summed E-state index contributed by atoms with van der Waals surface area (Å²) in [6.45, 7) is 3.25. The van der Waals surface area contributed by atoms with Crippen molar-refractivity contribution in [2.24, 2.45) is 0 Å². The van der Waals surface area contributed by atoms with Gasteiger partial charge < -0.3 is 15.4 Å². The molecule has 1 atom stereocenters. The van der Waals surface area contributed by atoms with Crippen LogP contribution in [0.5, 0.6) is 0 Å². The van der Waals surface area contributed by atoms with Crippen LogP contribution in [0.15, 0.2) is 0 Å². The molecule has 0 aromatic heterocycles. The molecule has 1 aliphatic rings. The van der Waals surface area contributed by atoms with Gasteiger partial charge in [0.1, 0.15) is 6.29 Å². The number of hydrogen-bond acceptors (Lipinski definition) is 3. The fourth-order valence-electron chi connectivity index (χ4n) is 1.54. The van der Waals surface area contributed by atoms with E-state index < -0.39 is 0 Å². The van der Waals surface area contributed by atoms with Gasteiger partial charge in [-0.05, 0) is 12.8 Å². The Kier molecular flexibility index (Phi) is 4.95. The average Bonchev–Trinajstić information content (AvgIpc) is 2.14. The first-order chi connectivity index (χ1) is 5.93. The minimum atomic E-state index is 0.630. The molecule has 0 radical (unpaired) electrons. The van der Waals surface area contributed by atoms with Gasteiger partial charge in [0.2, 0.25) is 0 Å². The van der Waals surface area contributed by atoms with Gasteiger partial charge in [0.15, 0.2) is 0 Å². The van der Waals surface area contributed by atoms with Crippen LogP contribution in [0.25, 0.3) is 0 Å². The van der Waals surface area contributed by atoms with Gasteiger partial charge in [0.25, 0.3) is 0 Å². The molecular formula is C9H18N2O. The van der Waals surface area contributed by atoms with Crippen LogP contribution < -0.4 is 10.6 Å². The Morgan fingerprint density at radius 1 is 1.33 bits per heavy atom. The van der Waals surface area contributed by atoms with Crippen molar-refractivity contribution in [3.8, 4) is 0 Å². The van der Waals surface area contributed by atoms with Crippen LogP contribution in [0, 0.1) is 0 Å². The van der Waals surface area contributed by atoms with Gasteiger partial charge in [-0.2, -0.15) is 0 Å². The molecule has 12 heavy (non-hydrogen) atoms. The monoisotopic (exact) mass is 170 g/mol. The highest BCUT2D eigenvalue weighted by Gasteiger charge is 2.10. The van der Waals surface area contributed by atoms with Gasteiger partial charge >= 0.3 is 0 Å². The van der Waals surface area contributed by atoms with Crippen molar-refractivity contribution in [2.75, 3.05) is 19.6 Å². The van der Waals surface area contributed by atoms with Crippen LogP contribution >= 0.6 is 0 Å². The maximum absolute atomic E-state index is 10.0. The van der Waals surface area contributed by atoms with Gasteiger partial charge in [-0.15, -0.1) is 0 Å². The lowest BCUT2D eigenvalue weighted by molar-refractivity contribution is -0.107. The first-order valence-electron chi connectivity index (χ1n) is 4.81. The first-order valence-corrected chi connectivity index (χ1v) is 4.81. The van der Waals surface area contributed by atoms with Crippen LogP contribution in [0.3, 0.4) is 0 Å². The van der Waals surface area contributed by atoms with Crippen molar-refractivity contribution in [2.45, 2.75) is 31.7 Å². The maximum Gasteiger partial charge on any atom is 0.119 e. The van der Waals surface area contributed by atoms with Gasteiger partial charge in [0, 0.05) is 32.1 Å². The Morgan fingerprint density at radius 3 is 2.92 bits per heavy atom. The molecule has 1 aliphatic heterocycles. The van der Waals surface area contributed by atoms with Gasteiger partial charge in [0.05, 0.1) is 0 Å². The van der Waals surface area contributed by atoms with Crippen LogP contribution in [0.1, 0.15) is 25.7 Å². The molecule has 0 aromatic carbocycles. The van der Waals surface area contributed by atoms with E-state index in [2.05, 4.69) is 10.6 Å². The highest BCUT2D eigenvalue weighted by molar-refractivity contribution is 5.48. The quantitative estimate of drug-likeness (QED) is 0.461. The third-order valence-corrected chi connectivity index (χ3v) is 2.25. The Balaban J connectivity index is 1.94. The minimum Gasteiger partial charge on any atom is -0.314 e. The number of aldehydes is 1. The average molecular weight is 170 g/mol. The lowest BCUT2D eigenvalue weighted by atomic mass is 10.1. The molecule has 3 heteroatoms. The summed E-state index contributed by atoms with van der Waals surface area (Å²) in [5.74, 6) is 0. The summed E-state index contributed by atoms with van der Waals surface area (Å²) in [5.41, 5.74) is 0. The van der Waals surface area contributed by atoms with Gasteiger partial charge in [-0.3, -0.25) is 0 Å². The van der Waals surface area contributed by atoms with Crippen molar-refractivity contribution in [3.63, 3.8) is 0 Å². The summed E-state index contributed by atoms with van der Waals surface area (Å²) < 4.78 is 0. The summed E-state index contributed by atoms with van der Waals surface area (Å²) in [4.78, 5) is 10.0. The zero-order valence-electron chi connectivity index (χ0n) is 7.51. The van der Waals surface area contributed by atoms with E-state index in [9.17, 15) is 4.79 Å². The predicted molar refractivity (Wildman–Crippen MR) is 49.2 cm³/mol. The van der Waals surface area contributed by atoms with Crippen molar-refractivity contribution in [1.82, 2.24) is 10.6 Å². The number of unbranched alkanes of at least 4 members (excludes halogenated alkanes) is 2. The summed E-state index contributed by atoms with van der Waals surface area (Å²) in [5, 5.41) is 6.79. The molecule has 0 saturated carbocycles. The second-order valence-corrected chi connectivity index (χ2v) is 3.31. The first kappa shape index (κ1) is 9.68. The molecule has 0 aliphatic carbocycles. The topological polar surface area (TPSA) is 41.1 Å². The van der Waals surface area contributed by atoms with Crippen molar-refractivity contribution < 1.29 is 4.79 Å². The van der Waals surface area contributed by atoms with Crippen molar-refractivity contribution in [1.29, 1.82) is 0 Å². The summed E-state index contributed by atoms with van der Waals surface area (Å²) in [6, 6.07) is 0.630. The Bertz CT molecular complexity index is 122. The maximum atomic E-state index is 10.0. The fourth-order valence-corrected chi connectivity index (χ4v) is 1.54. The van der Waals surface area contributed by atoms with Gasteiger partial charge in [-0.25, -0.2) is 0 Å². The SMILES string of the molecule is O=CCCCCC1CNCCN1. The van der Waals surface area contributed by atoms with E-state index in [4.69, 9.17) is 0 Å². The molecule has 0 bridgehead atoms. The lowest BCUT2D eigenvalue weighted by Gasteiger charge is -2.24. The smallest absolute Gasteiger partial charge is 0.119 e. The molecule has 1 rings (SSSR count). The highest BCUT2D eigenvalue weighted by Crippen LogP contribution is 2.03. The van der Waals surface area contributed by atoms with Crippen LogP contribution in [-0.4, -0.2) is 32.0 Å². The van der Waals surface area contributed by atoms with E-state index in [1.165, 1.54) is 6.42 Å². The van der Waals surface area contributed by atoms with Crippen LogP contribution in [0.2, 0.25) is 0 Å². The highest BCUT2D eigenvalue weighted by atomic mass is 16.1. The minimum absolute atomic E-state index is 0.630. The molecule has 0 amide bonds. The molecule has 0 aromatic rings. The zero-order valence-corrected chi connectivity index (χ0v) is 7.51. The summed E-state index contributed by atoms with van der Waals surface area (Å²) >= 11 is 0. The predicted octanol–water partition coefficient (Wildman–Crippen LogP) is 0.307. The van der Waals surface area contributed by atoms with Crippen LogP contribution in [0.4, 0.5) is 0 Å². The second kappa shape index (κ2) is 6.14. The molecule has 70 valence electrons. The van der Waals surface area contributed by atoms with E-state index >= 15 is 0 Å². The Labute approximate surface area is 73.9 Å². The molecule has 1 fully saturated rings. The zero-order chi connectivity index (χ0) is 8.65. The largest absolute Gasteiger partial charge is 0.314 e. The van der Waals surface area contributed by atoms with Gasteiger partial charge in [-0.1, -0.05) is 6.42 Å². The number of piperazine rings is 1. The Hall–Kier alpha value is -0.410. The van der Waals surface area contributed by atoms with E-state index in [1.807, 2.05) is 0 Å². The number of carbonyl (C=O) groups is 1. The van der Waals surface area contributed by atoms with E-state index in [0.29, 0.717) is 6.04 Å². The summed E-state index contributed by atoms with van der Waals surface area (Å²) in [6.07, 6.45) is 5.13. The molecule has 1 heterocycles. The van der Waals surface area contributed by atoms with E-state index in [1.54, 1.807) is 0 Å². The third kappa shape index (κ3) is 3.83. The van der Waals surface area contributed by atoms with Crippen molar-refractivity contribution >= 4 is 6.29 Å². The fraction of sp³-hybridized carbons (Fsp3) is 0.889. The lowest BCUT2D eigenvalue weighted by Crippen LogP contribution is -2.48. The van der Waals surface area contributed by atoms with Crippen LogP contribution in [-0.2, 0) is 4.79 Å². The Morgan fingerprint density at radius 2 is 2.25 bits per heavy atom. The molecule has 0 spiro atoms. The molecular weight excluding hydrogens is 152 g/mol. The third-order valence-electron chi connectivity index (χ3n) is 2.25. The number of rotatable bonds is 5. The molecule has 2 N–H and O–H groups in total. The van der Waals surface area contributed by atoms with Crippen molar-refractivity contribution in [3.05, 3.63) is 0 Å².